The fourth-order valence-electron chi connectivity index (χ4n) is 4.38. The second-order valence-corrected chi connectivity index (χ2v) is 9.25. The third-order valence-corrected chi connectivity index (χ3v) is 6.57. The smallest absolute Gasteiger partial charge is 0.323 e. The highest BCUT2D eigenvalue weighted by Crippen LogP contribution is 2.26. The maximum atomic E-state index is 13.8. The highest BCUT2D eigenvalue weighted by molar-refractivity contribution is 6.30. The summed E-state index contributed by atoms with van der Waals surface area (Å²) >= 11 is 5.96. The number of carbonyl (C=O) groups excluding carboxylic acids is 2. The van der Waals surface area contributed by atoms with Gasteiger partial charge in [0.15, 0.2) is 0 Å². The Morgan fingerprint density at radius 3 is 2.29 bits per heavy atom. The number of benzene rings is 3. The van der Waals surface area contributed by atoms with Crippen LogP contribution in [0.25, 0.3) is 0 Å². The molecule has 0 spiro atoms. The SMILES string of the molecule is Cc1ccc(C(=O)N2Cc3ccccc3C[C@@H]2C(=O)N(CCc2ccc(Cl)cc2)CC(=O)O)cc1. The maximum Gasteiger partial charge on any atom is 0.323 e. The molecule has 35 heavy (non-hydrogen) atoms. The molecule has 0 fully saturated rings. The summed E-state index contributed by atoms with van der Waals surface area (Å²) in [7, 11) is 0. The zero-order valence-electron chi connectivity index (χ0n) is 19.5. The summed E-state index contributed by atoms with van der Waals surface area (Å²) in [6.45, 7) is 2.02. The van der Waals surface area contributed by atoms with Crippen LogP contribution in [-0.4, -0.2) is 51.8 Å². The summed E-state index contributed by atoms with van der Waals surface area (Å²) in [5.41, 5.74) is 4.46. The second kappa shape index (κ2) is 10.7. The number of rotatable bonds is 7. The molecule has 0 saturated carbocycles. The first-order valence-corrected chi connectivity index (χ1v) is 11.9. The molecule has 0 aromatic heterocycles. The van der Waals surface area contributed by atoms with Crippen LogP contribution in [0.15, 0.2) is 72.8 Å². The summed E-state index contributed by atoms with van der Waals surface area (Å²) in [6.07, 6.45) is 0.815. The molecule has 3 aromatic rings. The van der Waals surface area contributed by atoms with E-state index < -0.39 is 18.6 Å². The van der Waals surface area contributed by atoms with Crippen LogP contribution in [0.1, 0.15) is 32.6 Å². The van der Waals surface area contributed by atoms with Gasteiger partial charge in [0.05, 0.1) is 0 Å². The van der Waals surface area contributed by atoms with Crippen LogP contribution in [0.3, 0.4) is 0 Å². The molecule has 0 bridgehead atoms. The van der Waals surface area contributed by atoms with Gasteiger partial charge in [-0.15, -0.1) is 0 Å². The summed E-state index contributed by atoms with van der Waals surface area (Å²) in [5, 5.41) is 10.1. The van der Waals surface area contributed by atoms with E-state index in [1.54, 1.807) is 29.2 Å². The lowest BCUT2D eigenvalue weighted by atomic mass is 9.92. The van der Waals surface area contributed by atoms with Crippen LogP contribution >= 0.6 is 11.6 Å². The van der Waals surface area contributed by atoms with Crippen molar-refractivity contribution in [2.45, 2.75) is 32.4 Å². The molecular formula is C28H27ClN2O4. The van der Waals surface area contributed by atoms with Crippen LogP contribution < -0.4 is 0 Å². The molecule has 3 aromatic carbocycles. The largest absolute Gasteiger partial charge is 0.480 e. The number of amides is 2. The average Bonchev–Trinajstić information content (AvgIpc) is 2.86. The van der Waals surface area contributed by atoms with Gasteiger partial charge in [-0.2, -0.15) is 0 Å². The van der Waals surface area contributed by atoms with Crippen molar-refractivity contribution < 1.29 is 19.5 Å². The molecule has 0 radical (unpaired) electrons. The minimum atomic E-state index is -1.10. The molecule has 1 aliphatic heterocycles. The number of fused-ring (bicyclic) bond motifs is 1. The zero-order valence-corrected chi connectivity index (χ0v) is 20.2. The van der Waals surface area contributed by atoms with Crippen molar-refractivity contribution in [2.24, 2.45) is 0 Å². The average molecular weight is 491 g/mol. The Hall–Kier alpha value is -3.64. The van der Waals surface area contributed by atoms with E-state index in [0.29, 0.717) is 23.4 Å². The molecule has 2 amide bonds. The molecule has 0 unspecified atom stereocenters. The van der Waals surface area contributed by atoms with Gasteiger partial charge in [0, 0.05) is 30.1 Å². The van der Waals surface area contributed by atoms with Gasteiger partial charge in [0.1, 0.15) is 12.6 Å². The van der Waals surface area contributed by atoms with E-state index >= 15 is 0 Å². The molecule has 1 heterocycles. The molecule has 1 N–H and O–H groups in total. The maximum absolute atomic E-state index is 13.8. The zero-order chi connectivity index (χ0) is 24.9. The van der Waals surface area contributed by atoms with Gasteiger partial charge in [-0.1, -0.05) is 65.7 Å². The first kappa shape index (κ1) is 24.5. The summed E-state index contributed by atoms with van der Waals surface area (Å²) < 4.78 is 0. The number of carboxylic acid groups (broad SMARTS) is 1. The fourth-order valence-corrected chi connectivity index (χ4v) is 4.50. The molecule has 1 atom stereocenters. The molecular weight excluding hydrogens is 464 g/mol. The summed E-state index contributed by atoms with van der Waals surface area (Å²) in [5.74, 6) is -1.70. The van der Waals surface area contributed by atoms with Gasteiger partial charge in [0.25, 0.3) is 5.91 Å². The number of carboxylic acids is 1. The summed E-state index contributed by atoms with van der Waals surface area (Å²) in [4.78, 5) is 41.8. The Bertz CT molecular complexity index is 1220. The molecule has 6 nitrogen and oxygen atoms in total. The number of nitrogens with zero attached hydrogens (tertiary/aromatic N) is 2. The molecule has 7 heteroatoms. The van der Waals surface area contributed by atoms with Crippen molar-refractivity contribution in [2.75, 3.05) is 13.1 Å². The van der Waals surface area contributed by atoms with Gasteiger partial charge in [-0.25, -0.2) is 0 Å². The number of carbonyl (C=O) groups is 3. The van der Waals surface area contributed by atoms with Crippen LogP contribution in [0.5, 0.6) is 0 Å². The van der Waals surface area contributed by atoms with Crippen molar-refractivity contribution in [3.63, 3.8) is 0 Å². The van der Waals surface area contributed by atoms with Crippen LogP contribution in [0, 0.1) is 6.92 Å². The van der Waals surface area contributed by atoms with Crippen molar-refractivity contribution >= 4 is 29.4 Å². The molecule has 0 saturated heterocycles. The van der Waals surface area contributed by atoms with Crippen LogP contribution in [-0.2, 0) is 29.0 Å². The van der Waals surface area contributed by atoms with Gasteiger partial charge in [0.2, 0.25) is 5.91 Å². The monoisotopic (exact) mass is 490 g/mol. The van der Waals surface area contributed by atoms with Crippen LogP contribution in [0.2, 0.25) is 5.02 Å². The second-order valence-electron chi connectivity index (χ2n) is 8.82. The van der Waals surface area contributed by atoms with Gasteiger partial charge in [-0.05, 0) is 54.3 Å². The van der Waals surface area contributed by atoms with E-state index in [4.69, 9.17) is 11.6 Å². The highest BCUT2D eigenvalue weighted by atomic mass is 35.5. The molecule has 0 aliphatic carbocycles. The number of hydrogen-bond acceptors (Lipinski definition) is 3. The van der Waals surface area contributed by atoms with E-state index in [0.717, 1.165) is 22.3 Å². The standard InChI is InChI=1S/C28H27ClN2O4/c1-19-6-10-21(11-7-19)27(34)31-17-23-5-3-2-4-22(23)16-25(31)28(35)30(18-26(32)33)15-14-20-8-12-24(29)13-9-20/h2-13,25H,14-18H2,1H3,(H,32,33)/t25-/m1/s1. The summed E-state index contributed by atoms with van der Waals surface area (Å²) in [6, 6.07) is 21.4. The Morgan fingerprint density at radius 1 is 0.971 bits per heavy atom. The van der Waals surface area contributed by atoms with E-state index in [-0.39, 0.29) is 24.9 Å². The van der Waals surface area contributed by atoms with Gasteiger partial charge < -0.3 is 14.9 Å². The Kier molecular flexibility index (Phi) is 7.51. The predicted molar refractivity (Wildman–Crippen MR) is 134 cm³/mol. The Balaban J connectivity index is 1.62. The number of aliphatic carboxylic acids is 1. The lowest BCUT2D eigenvalue weighted by molar-refractivity contribution is -0.146. The molecule has 180 valence electrons. The van der Waals surface area contributed by atoms with E-state index in [9.17, 15) is 19.5 Å². The Morgan fingerprint density at radius 2 is 1.63 bits per heavy atom. The minimum absolute atomic E-state index is 0.220. The van der Waals surface area contributed by atoms with Crippen molar-refractivity contribution in [1.29, 1.82) is 0 Å². The third kappa shape index (κ3) is 5.89. The first-order valence-electron chi connectivity index (χ1n) is 11.5. The minimum Gasteiger partial charge on any atom is -0.480 e. The van der Waals surface area contributed by atoms with Crippen molar-refractivity contribution in [3.05, 3.63) is 106 Å². The number of halogens is 1. The first-order chi connectivity index (χ1) is 16.8. The quantitative estimate of drug-likeness (QED) is 0.533. The van der Waals surface area contributed by atoms with Gasteiger partial charge in [-0.3, -0.25) is 14.4 Å². The van der Waals surface area contributed by atoms with E-state index in [1.807, 2.05) is 55.5 Å². The van der Waals surface area contributed by atoms with E-state index in [2.05, 4.69) is 0 Å². The lowest BCUT2D eigenvalue weighted by Gasteiger charge is -2.38. The highest BCUT2D eigenvalue weighted by Gasteiger charge is 2.37. The third-order valence-electron chi connectivity index (χ3n) is 6.31. The van der Waals surface area contributed by atoms with Gasteiger partial charge >= 0.3 is 5.97 Å². The lowest BCUT2D eigenvalue weighted by Crippen LogP contribution is -2.54. The predicted octanol–water partition coefficient (Wildman–Crippen LogP) is 4.37. The molecule has 4 rings (SSSR count). The fraction of sp³-hybridized carbons (Fsp3) is 0.250. The number of aryl methyl sites for hydroxylation is 1. The topological polar surface area (TPSA) is 77.9 Å². The van der Waals surface area contributed by atoms with Crippen molar-refractivity contribution in [3.8, 4) is 0 Å². The van der Waals surface area contributed by atoms with Crippen LogP contribution in [0.4, 0.5) is 0 Å². The van der Waals surface area contributed by atoms with Crippen molar-refractivity contribution in [1.82, 2.24) is 9.80 Å². The Labute approximate surface area is 209 Å². The normalized spacial score (nSPS) is 14.8. The van der Waals surface area contributed by atoms with E-state index in [1.165, 1.54) is 4.90 Å². The molecule has 1 aliphatic rings. The number of hydrogen-bond donors (Lipinski definition) is 1.